The van der Waals surface area contributed by atoms with Gasteiger partial charge in [0, 0.05) is 29.0 Å². The monoisotopic (exact) mass is 510 g/mol. The van der Waals surface area contributed by atoms with Crippen molar-refractivity contribution in [3.05, 3.63) is 113 Å². The van der Waals surface area contributed by atoms with Crippen molar-refractivity contribution in [2.45, 2.75) is 45.7 Å². The van der Waals surface area contributed by atoms with E-state index in [0.29, 0.717) is 11.0 Å². The van der Waals surface area contributed by atoms with Gasteiger partial charge in [0.2, 0.25) is 0 Å². The summed E-state index contributed by atoms with van der Waals surface area (Å²) >= 11 is 5.90. The summed E-state index contributed by atoms with van der Waals surface area (Å²) in [6.45, 7) is 8.49. The fourth-order valence-electron chi connectivity index (χ4n) is 5.23. The second-order valence-electron chi connectivity index (χ2n) is 9.76. The Bertz CT molecular complexity index is 1460. The Hall–Kier alpha value is -3.97. The third kappa shape index (κ3) is 4.51. The minimum Gasteiger partial charge on any atom is -0.478 e. The van der Waals surface area contributed by atoms with E-state index in [2.05, 4.69) is 70.9 Å². The lowest BCUT2D eigenvalue weighted by Crippen LogP contribution is -2.29. The summed E-state index contributed by atoms with van der Waals surface area (Å²) < 4.78 is 2.11. The molecule has 3 heterocycles. The van der Waals surface area contributed by atoms with E-state index in [1.54, 1.807) is 24.4 Å². The first-order chi connectivity index (χ1) is 17.8. The van der Waals surface area contributed by atoms with Gasteiger partial charge in [0.15, 0.2) is 5.11 Å². The number of anilines is 1. The summed E-state index contributed by atoms with van der Waals surface area (Å²) in [6, 6.07) is 23.4. The van der Waals surface area contributed by atoms with E-state index >= 15 is 0 Å². The first-order valence-electron chi connectivity index (χ1n) is 12.4. The van der Waals surface area contributed by atoms with Crippen molar-refractivity contribution in [3.63, 3.8) is 0 Å². The highest BCUT2D eigenvalue weighted by molar-refractivity contribution is 7.80. The van der Waals surface area contributed by atoms with Crippen molar-refractivity contribution in [2.24, 2.45) is 0 Å². The Labute approximate surface area is 222 Å². The molecule has 0 aliphatic carbocycles. The highest BCUT2D eigenvalue weighted by Gasteiger charge is 2.42. The van der Waals surface area contributed by atoms with E-state index in [4.69, 9.17) is 12.2 Å². The molecule has 1 fully saturated rings. The number of nitrogens with one attached hydrogen (secondary N) is 1. The zero-order valence-electron chi connectivity index (χ0n) is 21.3. The molecule has 2 atom stereocenters. The maximum Gasteiger partial charge on any atom is 0.335 e. The van der Waals surface area contributed by atoms with Crippen molar-refractivity contribution >= 4 is 29.0 Å². The Morgan fingerprint density at radius 1 is 1.00 bits per heavy atom. The maximum atomic E-state index is 11.6. The van der Waals surface area contributed by atoms with E-state index in [-0.39, 0.29) is 17.6 Å². The van der Waals surface area contributed by atoms with Crippen molar-refractivity contribution < 1.29 is 9.90 Å². The van der Waals surface area contributed by atoms with Gasteiger partial charge in [-0.05, 0) is 91.6 Å². The molecule has 0 unspecified atom stereocenters. The number of aryl methyl sites for hydroxylation is 1. The molecule has 4 aromatic rings. The van der Waals surface area contributed by atoms with Gasteiger partial charge < -0.3 is 19.9 Å². The average Bonchev–Trinajstić information content (AvgIpc) is 3.39. The molecule has 0 amide bonds. The first kappa shape index (κ1) is 24.7. The molecule has 1 saturated heterocycles. The normalized spacial score (nSPS) is 17.3. The number of thiocarbonyl (C=S) groups is 1. The number of hydrogen-bond donors (Lipinski definition) is 2. The Morgan fingerprint density at radius 2 is 1.76 bits per heavy atom. The molecule has 2 aromatic carbocycles. The van der Waals surface area contributed by atoms with Crippen LogP contribution in [0.5, 0.6) is 0 Å². The maximum absolute atomic E-state index is 11.6. The lowest BCUT2D eigenvalue weighted by Gasteiger charge is -2.28. The summed E-state index contributed by atoms with van der Waals surface area (Å²) in [4.78, 5) is 18.5. The van der Waals surface area contributed by atoms with E-state index < -0.39 is 5.97 Å². The van der Waals surface area contributed by atoms with Crippen LogP contribution in [0.3, 0.4) is 0 Å². The Kier molecular flexibility index (Phi) is 6.56. The number of hydrogen-bond acceptors (Lipinski definition) is 3. The standard InChI is InChI=1S/C30H30N4O2S/c1-18(2)21-11-13-23(14-12-21)34-28(27(32-30(34)37)26-10-5-6-15-31-26)25-16-19(3)33(20(25)4)24-9-7-8-22(17-24)29(35)36/h5-18,27-28H,1-4H3,(H,32,37)(H,35,36)/t27-,28+/m0/s1. The SMILES string of the molecule is Cc1cc([C@@H]2[C@H](c3ccccn3)NC(=S)N2c2ccc(C(C)C)cc2)c(C)n1-c1cccc(C(=O)O)c1. The summed E-state index contributed by atoms with van der Waals surface area (Å²) in [6.07, 6.45) is 1.80. The molecule has 0 bridgehead atoms. The van der Waals surface area contributed by atoms with Crippen molar-refractivity contribution in [2.75, 3.05) is 4.90 Å². The third-order valence-corrected chi connectivity index (χ3v) is 7.39. The summed E-state index contributed by atoms with van der Waals surface area (Å²) in [7, 11) is 0. The molecule has 188 valence electrons. The highest BCUT2D eigenvalue weighted by Crippen LogP contribution is 2.44. The van der Waals surface area contributed by atoms with Crippen LogP contribution in [-0.2, 0) is 0 Å². The predicted molar refractivity (Wildman–Crippen MR) is 151 cm³/mol. The number of carbonyl (C=O) groups is 1. The Balaban J connectivity index is 1.65. The molecule has 0 saturated carbocycles. The quantitative estimate of drug-likeness (QED) is 0.289. The summed E-state index contributed by atoms with van der Waals surface area (Å²) in [5, 5.41) is 13.7. The summed E-state index contributed by atoms with van der Waals surface area (Å²) in [5.74, 6) is -0.503. The number of nitrogens with zero attached hydrogens (tertiary/aromatic N) is 3. The van der Waals surface area contributed by atoms with Gasteiger partial charge in [-0.3, -0.25) is 4.98 Å². The largest absolute Gasteiger partial charge is 0.478 e. The zero-order chi connectivity index (χ0) is 26.3. The van der Waals surface area contributed by atoms with E-state index in [1.165, 1.54) is 5.56 Å². The van der Waals surface area contributed by atoms with Crippen LogP contribution < -0.4 is 10.2 Å². The minimum atomic E-state index is -0.943. The van der Waals surface area contributed by atoms with Gasteiger partial charge in [-0.15, -0.1) is 0 Å². The number of pyridine rings is 1. The van der Waals surface area contributed by atoms with Gasteiger partial charge in [-0.2, -0.15) is 0 Å². The molecule has 0 spiro atoms. The van der Waals surface area contributed by atoms with Crippen LogP contribution in [0, 0.1) is 13.8 Å². The Morgan fingerprint density at radius 3 is 2.41 bits per heavy atom. The smallest absolute Gasteiger partial charge is 0.335 e. The number of rotatable bonds is 6. The molecule has 2 N–H and O–H groups in total. The minimum absolute atomic E-state index is 0.144. The van der Waals surface area contributed by atoms with Crippen molar-refractivity contribution in [1.29, 1.82) is 0 Å². The molecule has 7 heteroatoms. The molecule has 0 radical (unpaired) electrons. The lowest BCUT2D eigenvalue weighted by atomic mass is 9.96. The third-order valence-electron chi connectivity index (χ3n) is 7.08. The van der Waals surface area contributed by atoms with Crippen LogP contribution in [0.15, 0.2) is 79.0 Å². The van der Waals surface area contributed by atoms with Crippen LogP contribution in [0.2, 0.25) is 0 Å². The fraction of sp³-hybridized carbons (Fsp3) is 0.233. The lowest BCUT2D eigenvalue weighted by molar-refractivity contribution is 0.0697. The molecule has 1 aliphatic heterocycles. The van der Waals surface area contributed by atoms with Crippen LogP contribution in [0.25, 0.3) is 5.69 Å². The molecular formula is C30H30N4O2S. The number of carboxylic acids is 1. The fourth-order valence-corrected chi connectivity index (χ4v) is 5.58. The second-order valence-corrected chi connectivity index (χ2v) is 10.1. The van der Waals surface area contributed by atoms with E-state index in [1.807, 2.05) is 31.2 Å². The molecule has 1 aliphatic rings. The second kappa shape index (κ2) is 9.82. The van der Waals surface area contributed by atoms with Crippen molar-refractivity contribution in [1.82, 2.24) is 14.9 Å². The van der Waals surface area contributed by atoms with Crippen LogP contribution in [0.1, 0.15) is 70.4 Å². The van der Waals surface area contributed by atoms with Crippen LogP contribution in [-0.4, -0.2) is 25.7 Å². The highest BCUT2D eigenvalue weighted by atomic mass is 32.1. The molecule has 5 rings (SSSR count). The molecule has 2 aromatic heterocycles. The molecular weight excluding hydrogens is 480 g/mol. The van der Waals surface area contributed by atoms with E-state index in [9.17, 15) is 9.90 Å². The zero-order valence-corrected chi connectivity index (χ0v) is 22.2. The topological polar surface area (TPSA) is 70.4 Å². The number of aromatic carboxylic acids is 1. The summed E-state index contributed by atoms with van der Waals surface area (Å²) in [5.41, 5.74) is 7.43. The number of aromatic nitrogens is 2. The van der Waals surface area contributed by atoms with E-state index in [0.717, 1.165) is 34.0 Å². The number of benzene rings is 2. The molecule has 6 nitrogen and oxygen atoms in total. The predicted octanol–water partition coefficient (Wildman–Crippen LogP) is 6.49. The van der Waals surface area contributed by atoms with Gasteiger partial charge in [-0.1, -0.05) is 38.1 Å². The van der Waals surface area contributed by atoms with Gasteiger partial charge in [0.05, 0.1) is 23.3 Å². The van der Waals surface area contributed by atoms with Crippen LogP contribution in [0.4, 0.5) is 5.69 Å². The van der Waals surface area contributed by atoms with Gasteiger partial charge >= 0.3 is 5.97 Å². The molecule has 37 heavy (non-hydrogen) atoms. The average molecular weight is 511 g/mol. The van der Waals surface area contributed by atoms with Crippen molar-refractivity contribution in [3.8, 4) is 5.69 Å². The number of carboxylic acid groups (broad SMARTS) is 1. The van der Waals surface area contributed by atoms with Gasteiger partial charge in [-0.25, -0.2) is 4.79 Å². The van der Waals surface area contributed by atoms with Gasteiger partial charge in [0.25, 0.3) is 0 Å². The van der Waals surface area contributed by atoms with Crippen LogP contribution >= 0.6 is 12.2 Å². The first-order valence-corrected chi connectivity index (χ1v) is 12.8. The van der Waals surface area contributed by atoms with Gasteiger partial charge in [0.1, 0.15) is 0 Å².